The Bertz CT molecular complexity index is 717. The van der Waals surface area contributed by atoms with Crippen molar-refractivity contribution in [2.24, 2.45) is 0 Å². The lowest BCUT2D eigenvalue weighted by molar-refractivity contribution is 0.389. The summed E-state index contributed by atoms with van der Waals surface area (Å²) < 4.78 is 29.4. The van der Waals surface area contributed by atoms with Crippen LogP contribution >= 0.6 is 12.2 Å². The molecule has 2 aliphatic rings. The molecule has 7 heteroatoms. The molecule has 0 radical (unpaired) electrons. The molecule has 0 aromatic heterocycles. The molecule has 0 saturated carbocycles. The van der Waals surface area contributed by atoms with Gasteiger partial charge in [-0.05, 0) is 24.4 Å². The molecule has 3 rings (SSSR count). The summed E-state index contributed by atoms with van der Waals surface area (Å²) in [6.45, 7) is 4.30. The molecule has 0 spiro atoms. The molecule has 2 unspecified atom stereocenters. The average molecular weight is 338 g/mol. The summed E-state index contributed by atoms with van der Waals surface area (Å²) >= 11 is 5.59. The second-order valence-electron chi connectivity index (χ2n) is 5.51. The number of methoxy groups -OCH3 is 1. The number of ether oxygens (including phenoxy) is 1. The summed E-state index contributed by atoms with van der Waals surface area (Å²) in [7, 11) is -1.44. The second kappa shape index (κ2) is 5.55. The first-order chi connectivity index (χ1) is 10.5. The molecular formula is C15H18N2O3S2. The Morgan fingerprint density at radius 2 is 2.14 bits per heavy atom. The van der Waals surface area contributed by atoms with Gasteiger partial charge in [-0.2, -0.15) is 0 Å². The van der Waals surface area contributed by atoms with Crippen LogP contribution in [-0.4, -0.2) is 55.7 Å². The van der Waals surface area contributed by atoms with E-state index in [4.69, 9.17) is 17.0 Å². The number of fused-ring (bicyclic) bond motifs is 1. The normalized spacial score (nSPS) is 26.1. The molecule has 1 aromatic rings. The largest absolute Gasteiger partial charge is 0.497 e. The first kappa shape index (κ1) is 15.3. The molecule has 2 atom stereocenters. The minimum absolute atomic E-state index is 0.110. The molecule has 0 bridgehead atoms. The van der Waals surface area contributed by atoms with Gasteiger partial charge in [-0.15, -0.1) is 6.58 Å². The van der Waals surface area contributed by atoms with Gasteiger partial charge < -0.3 is 14.5 Å². The van der Waals surface area contributed by atoms with Crippen molar-refractivity contribution in [3.05, 3.63) is 36.9 Å². The van der Waals surface area contributed by atoms with Gasteiger partial charge in [-0.1, -0.05) is 12.1 Å². The van der Waals surface area contributed by atoms with Crippen molar-refractivity contribution in [1.82, 2.24) is 4.90 Å². The van der Waals surface area contributed by atoms with Gasteiger partial charge in [0.1, 0.15) is 5.75 Å². The molecule has 2 aliphatic heterocycles. The van der Waals surface area contributed by atoms with Crippen LogP contribution in [0.3, 0.4) is 0 Å². The number of hydrogen-bond acceptors (Lipinski definition) is 4. The Labute approximate surface area is 136 Å². The van der Waals surface area contributed by atoms with Gasteiger partial charge in [0.25, 0.3) is 0 Å². The van der Waals surface area contributed by atoms with E-state index < -0.39 is 9.84 Å². The molecule has 0 N–H and O–H groups in total. The minimum atomic E-state index is -3.05. The number of rotatable bonds is 4. The molecule has 2 saturated heterocycles. The first-order valence-corrected chi connectivity index (χ1v) is 9.25. The fraction of sp³-hybridized carbons (Fsp3) is 0.400. The number of hydrogen-bond donors (Lipinski definition) is 0. The van der Waals surface area contributed by atoms with Crippen molar-refractivity contribution in [2.75, 3.05) is 30.1 Å². The fourth-order valence-corrected chi connectivity index (χ4v) is 5.59. The van der Waals surface area contributed by atoms with Crippen LogP contribution in [0.2, 0.25) is 0 Å². The van der Waals surface area contributed by atoms with E-state index in [1.54, 1.807) is 13.2 Å². The standard InChI is InChI=1S/C15H18N2O3S2/c1-3-7-16-13-9-22(18,19)10-14(13)17(15(16)21)11-5-4-6-12(8-11)20-2/h3-6,8,13-14H,1,7,9-10H2,2H3. The predicted molar refractivity (Wildman–Crippen MR) is 91.2 cm³/mol. The van der Waals surface area contributed by atoms with Gasteiger partial charge in [0.05, 0.1) is 30.7 Å². The maximum absolute atomic E-state index is 12.1. The van der Waals surface area contributed by atoms with Gasteiger partial charge in [-0.3, -0.25) is 0 Å². The summed E-state index contributed by atoms with van der Waals surface area (Å²) in [5.74, 6) is 0.995. The van der Waals surface area contributed by atoms with E-state index in [0.29, 0.717) is 11.7 Å². The van der Waals surface area contributed by atoms with Gasteiger partial charge in [0.2, 0.25) is 0 Å². The number of sulfone groups is 1. The Balaban J connectivity index is 2.02. The van der Waals surface area contributed by atoms with Crippen LogP contribution in [0, 0.1) is 0 Å². The fourth-order valence-electron chi connectivity index (χ4n) is 3.19. The van der Waals surface area contributed by atoms with Crippen molar-refractivity contribution >= 4 is 32.9 Å². The average Bonchev–Trinajstić information content (AvgIpc) is 2.91. The smallest absolute Gasteiger partial charge is 0.177 e. The second-order valence-corrected chi connectivity index (χ2v) is 8.03. The summed E-state index contributed by atoms with van der Waals surface area (Å²) in [4.78, 5) is 3.90. The highest BCUT2D eigenvalue weighted by Crippen LogP contribution is 2.36. The Kier molecular flexibility index (Phi) is 3.86. The van der Waals surface area contributed by atoms with Crippen molar-refractivity contribution < 1.29 is 13.2 Å². The molecular weight excluding hydrogens is 320 g/mol. The molecule has 1 aromatic carbocycles. The molecule has 118 valence electrons. The van der Waals surface area contributed by atoms with Crippen LogP contribution in [0.4, 0.5) is 5.69 Å². The van der Waals surface area contributed by atoms with Crippen molar-refractivity contribution in [3.8, 4) is 5.75 Å². The monoisotopic (exact) mass is 338 g/mol. The van der Waals surface area contributed by atoms with Crippen LogP contribution in [0.1, 0.15) is 0 Å². The highest BCUT2D eigenvalue weighted by Gasteiger charge is 2.51. The van der Waals surface area contributed by atoms with E-state index in [-0.39, 0.29) is 23.6 Å². The third-order valence-electron chi connectivity index (χ3n) is 4.13. The van der Waals surface area contributed by atoms with E-state index in [1.807, 2.05) is 34.1 Å². The van der Waals surface area contributed by atoms with Crippen LogP contribution in [-0.2, 0) is 9.84 Å². The minimum Gasteiger partial charge on any atom is -0.497 e. The Morgan fingerprint density at radius 1 is 1.41 bits per heavy atom. The van der Waals surface area contributed by atoms with Crippen molar-refractivity contribution in [1.29, 1.82) is 0 Å². The van der Waals surface area contributed by atoms with Gasteiger partial charge in [-0.25, -0.2) is 8.42 Å². The number of anilines is 1. The highest BCUT2D eigenvalue weighted by molar-refractivity contribution is 7.91. The summed E-state index contributed by atoms with van der Waals surface area (Å²) in [6.07, 6.45) is 1.75. The third kappa shape index (κ3) is 2.48. The highest BCUT2D eigenvalue weighted by atomic mass is 32.2. The maximum atomic E-state index is 12.1. The SMILES string of the molecule is C=CCN1C(=S)N(c2cccc(OC)c2)C2CS(=O)(=O)CC21. The molecule has 22 heavy (non-hydrogen) atoms. The van der Waals surface area contributed by atoms with Crippen LogP contribution in [0.15, 0.2) is 36.9 Å². The summed E-state index contributed by atoms with van der Waals surface area (Å²) in [6, 6.07) is 7.28. The zero-order valence-corrected chi connectivity index (χ0v) is 13.9. The zero-order valence-electron chi connectivity index (χ0n) is 12.3. The van der Waals surface area contributed by atoms with Gasteiger partial charge >= 0.3 is 0 Å². The van der Waals surface area contributed by atoms with Gasteiger partial charge in [0.15, 0.2) is 14.9 Å². The van der Waals surface area contributed by atoms with E-state index in [1.165, 1.54) is 0 Å². The third-order valence-corrected chi connectivity index (χ3v) is 6.26. The van der Waals surface area contributed by atoms with E-state index in [0.717, 1.165) is 11.4 Å². The lowest BCUT2D eigenvalue weighted by atomic mass is 10.1. The summed E-state index contributed by atoms with van der Waals surface area (Å²) in [5.41, 5.74) is 0.864. The topological polar surface area (TPSA) is 49.9 Å². The number of thiocarbonyl (C=S) groups is 1. The molecule has 2 fully saturated rings. The van der Waals surface area contributed by atoms with Crippen molar-refractivity contribution in [3.63, 3.8) is 0 Å². The number of benzene rings is 1. The first-order valence-electron chi connectivity index (χ1n) is 7.02. The van der Waals surface area contributed by atoms with E-state index >= 15 is 0 Å². The predicted octanol–water partition coefficient (Wildman–Crippen LogP) is 1.45. The lowest BCUT2D eigenvalue weighted by Gasteiger charge is -2.25. The van der Waals surface area contributed by atoms with Crippen molar-refractivity contribution in [2.45, 2.75) is 12.1 Å². The summed E-state index contributed by atoms with van der Waals surface area (Å²) in [5, 5.41) is 0.651. The van der Waals surface area contributed by atoms with E-state index in [9.17, 15) is 8.42 Å². The molecule has 0 aliphatic carbocycles. The lowest BCUT2D eigenvalue weighted by Crippen LogP contribution is -2.37. The Hall–Kier alpha value is -1.60. The van der Waals surface area contributed by atoms with Crippen LogP contribution in [0.5, 0.6) is 5.75 Å². The maximum Gasteiger partial charge on any atom is 0.177 e. The van der Waals surface area contributed by atoms with Gasteiger partial charge in [0, 0.05) is 18.3 Å². The van der Waals surface area contributed by atoms with Crippen LogP contribution < -0.4 is 9.64 Å². The Morgan fingerprint density at radius 3 is 2.82 bits per heavy atom. The molecule has 5 nitrogen and oxygen atoms in total. The molecule has 0 amide bonds. The number of nitrogens with zero attached hydrogens (tertiary/aromatic N) is 2. The molecule has 2 heterocycles. The quantitative estimate of drug-likeness (QED) is 0.612. The van der Waals surface area contributed by atoms with E-state index in [2.05, 4.69) is 6.58 Å². The van der Waals surface area contributed by atoms with Crippen LogP contribution in [0.25, 0.3) is 0 Å². The zero-order chi connectivity index (χ0) is 15.9.